The van der Waals surface area contributed by atoms with Gasteiger partial charge in [0.15, 0.2) is 0 Å². The van der Waals surface area contributed by atoms with Crippen molar-refractivity contribution in [3.8, 4) is 0 Å². The summed E-state index contributed by atoms with van der Waals surface area (Å²) >= 11 is 0. The van der Waals surface area contributed by atoms with E-state index in [1.807, 2.05) is 60.7 Å². The number of benzene rings is 2. The molecule has 0 spiro atoms. The number of para-hydroxylation sites is 1. The zero-order valence-corrected chi connectivity index (χ0v) is 13.1. The van der Waals surface area contributed by atoms with E-state index in [0.29, 0.717) is 5.76 Å². The van der Waals surface area contributed by atoms with E-state index < -0.39 is 10.0 Å². The Labute approximate surface area is 130 Å². The number of rotatable bonds is 5. The van der Waals surface area contributed by atoms with Crippen LogP contribution in [-0.4, -0.2) is 19.8 Å². The molecule has 1 aromatic heterocycles. The van der Waals surface area contributed by atoms with Crippen molar-refractivity contribution in [2.45, 2.75) is 12.3 Å². The molecule has 0 N–H and O–H groups in total. The lowest BCUT2D eigenvalue weighted by molar-refractivity contribution is 0.417. The molecule has 0 aliphatic heterocycles. The Bertz CT molecular complexity index is 836. The normalized spacial score (nSPS) is 12.1. The van der Waals surface area contributed by atoms with Crippen LogP contribution >= 0.6 is 0 Å². The smallest absolute Gasteiger partial charge is 0.218 e. The molecule has 0 unspecified atom stereocenters. The van der Waals surface area contributed by atoms with E-state index in [1.54, 1.807) is 7.05 Å². The number of hydrogen-bond acceptors (Lipinski definition) is 3. The molecule has 114 valence electrons. The van der Waals surface area contributed by atoms with Gasteiger partial charge in [0.1, 0.15) is 11.3 Å². The summed E-state index contributed by atoms with van der Waals surface area (Å²) in [6.07, 6.45) is 0. The summed E-state index contributed by atoms with van der Waals surface area (Å²) in [6.45, 7) is 0.226. The Kier molecular flexibility index (Phi) is 4.00. The second kappa shape index (κ2) is 5.94. The summed E-state index contributed by atoms with van der Waals surface area (Å²) in [4.78, 5) is 0. The third-order valence-electron chi connectivity index (χ3n) is 3.52. The van der Waals surface area contributed by atoms with Crippen LogP contribution in [0.15, 0.2) is 65.1 Å². The van der Waals surface area contributed by atoms with Crippen LogP contribution in [0.3, 0.4) is 0 Å². The van der Waals surface area contributed by atoms with Crippen molar-refractivity contribution in [3.63, 3.8) is 0 Å². The van der Waals surface area contributed by atoms with Crippen LogP contribution in [-0.2, 0) is 22.3 Å². The van der Waals surface area contributed by atoms with Gasteiger partial charge in [-0.05, 0) is 17.7 Å². The van der Waals surface area contributed by atoms with Crippen LogP contribution in [0, 0.1) is 0 Å². The van der Waals surface area contributed by atoms with Gasteiger partial charge in [-0.2, -0.15) is 4.31 Å². The molecule has 0 fully saturated rings. The molecule has 1 heterocycles. The Morgan fingerprint density at radius 1 is 1.00 bits per heavy atom. The number of fused-ring (bicyclic) bond motifs is 1. The van der Waals surface area contributed by atoms with Crippen LogP contribution < -0.4 is 0 Å². The molecular weight excluding hydrogens is 298 g/mol. The molecule has 3 rings (SSSR count). The molecule has 0 saturated carbocycles. The summed E-state index contributed by atoms with van der Waals surface area (Å²) < 4.78 is 31.8. The molecule has 0 radical (unpaired) electrons. The Morgan fingerprint density at radius 3 is 2.41 bits per heavy atom. The second-order valence-electron chi connectivity index (χ2n) is 5.25. The van der Waals surface area contributed by atoms with Gasteiger partial charge in [-0.1, -0.05) is 48.5 Å². The molecule has 0 aliphatic carbocycles. The Morgan fingerprint density at radius 2 is 1.68 bits per heavy atom. The maximum absolute atomic E-state index is 12.4. The summed E-state index contributed by atoms with van der Waals surface area (Å²) in [7, 11) is -1.80. The van der Waals surface area contributed by atoms with Crippen molar-refractivity contribution in [2.75, 3.05) is 7.05 Å². The fourth-order valence-electron chi connectivity index (χ4n) is 2.33. The molecular formula is C17H17NO3S. The monoisotopic (exact) mass is 315 g/mol. The highest BCUT2D eigenvalue weighted by molar-refractivity contribution is 7.88. The predicted octanol–water partition coefficient (Wildman–Crippen LogP) is 3.39. The van der Waals surface area contributed by atoms with Crippen molar-refractivity contribution in [1.82, 2.24) is 4.31 Å². The third-order valence-corrected chi connectivity index (χ3v) is 5.30. The number of hydrogen-bond donors (Lipinski definition) is 0. The van der Waals surface area contributed by atoms with Gasteiger partial charge in [-0.25, -0.2) is 8.42 Å². The quantitative estimate of drug-likeness (QED) is 0.725. The molecule has 2 aromatic carbocycles. The van der Waals surface area contributed by atoms with Crippen LogP contribution in [0.1, 0.15) is 11.3 Å². The number of furan rings is 1. The van der Waals surface area contributed by atoms with E-state index in [1.165, 1.54) is 4.31 Å². The highest BCUT2D eigenvalue weighted by atomic mass is 32.2. The average Bonchev–Trinajstić information content (AvgIpc) is 2.90. The standard InChI is InChI=1S/C17H17NO3S/c1-18(22(19,20)13-14-7-3-2-4-8-14)12-16-11-15-9-5-6-10-17(15)21-16/h2-11H,12-13H2,1H3. The number of nitrogens with zero attached hydrogens (tertiary/aromatic N) is 1. The molecule has 0 bridgehead atoms. The summed E-state index contributed by atoms with van der Waals surface area (Å²) in [6, 6.07) is 18.7. The van der Waals surface area contributed by atoms with Gasteiger partial charge >= 0.3 is 0 Å². The van der Waals surface area contributed by atoms with Crippen molar-refractivity contribution >= 4 is 21.0 Å². The largest absolute Gasteiger partial charge is 0.460 e. The first-order valence-electron chi connectivity index (χ1n) is 7.00. The average molecular weight is 315 g/mol. The lowest BCUT2D eigenvalue weighted by Crippen LogP contribution is -2.27. The zero-order chi connectivity index (χ0) is 15.6. The maximum atomic E-state index is 12.4. The van der Waals surface area contributed by atoms with Crippen molar-refractivity contribution in [2.24, 2.45) is 0 Å². The van der Waals surface area contributed by atoms with E-state index in [0.717, 1.165) is 16.5 Å². The van der Waals surface area contributed by atoms with Crippen LogP contribution in [0.5, 0.6) is 0 Å². The van der Waals surface area contributed by atoms with Gasteiger partial charge in [0.2, 0.25) is 10.0 Å². The molecule has 3 aromatic rings. The minimum atomic E-state index is -3.38. The molecule has 4 nitrogen and oxygen atoms in total. The molecule has 0 saturated heterocycles. The first-order chi connectivity index (χ1) is 10.5. The minimum Gasteiger partial charge on any atom is -0.460 e. The minimum absolute atomic E-state index is 0.00936. The van der Waals surface area contributed by atoms with Gasteiger partial charge in [0.05, 0.1) is 12.3 Å². The van der Waals surface area contributed by atoms with Crippen LogP contribution in [0.4, 0.5) is 0 Å². The molecule has 0 amide bonds. The lowest BCUT2D eigenvalue weighted by atomic mass is 10.2. The van der Waals surface area contributed by atoms with Gasteiger partial charge in [-0.15, -0.1) is 0 Å². The van der Waals surface area contributed by atoms with E-state index in [9.17, 15) is 8.42 Å². The predicted molar refractivity (Wildman–Crippen MR) is 86.7 cm³/mol. The van der Waals surface area contributed by atoms with Gasteiger partial charge in [0, 0.05) is 12.4 Å². The summed E-state index contributed by atoms with van der Waals surface area (Å²) in [5.74, 6) is 0.630. The van der Waals surface area contributed by atoms with Crippen LogP contribution in [0.25, 0.3) is 11.0 Å². The topological polar surface area (TPSA) is 50.5 Å². The first-order valence-corrected chi connectivity index (χ1v) is 8.61. The van der Waals surface area contributed by atoms with Crippen molar-refractivity contribution < 1.29 is 12.8 Å². The number of sulfonamides is 1. The van der Waals surface area contributed by atoms with Gasteiger partial charge in [-0.3, -0.25) is 0 Å². The fourth-order valence-corrected chi connectivity index (χ4v) is 3.49. The van der Waals surface area contributed by atoms with Crippen molar-refractivity contribution in [1.29, 1.82) is 0 Å². The first kappa shape index (κ1) is 14.8. The van der Waals surface area contributed by atoms with Gasteiger partial charge < -0.3 is 4.42 Å². The summed E-state index contributed by atoms with van der Waals surface area (Å²) in [5, 5.41) is 0.978. The Balaban J connectivity index is 1.76. The van der Waals surface area contributed by atoms with E-state index in [2.05, 4.69) is 0 Å². The van der Waals surface area contributed by atoms with Crippen molar-refractivity contribution in [3.05, 3.63) is 72.0 Å². The van der Waals surface area contributed by atoms with Gasteiger partial charge in [0.25, 0.3) is 0 Å². The second-order valence-corrected chi connectivity index (χ2v) is 7.32. The molecule has 5 heteroatoms. The SMILES string of the molecule is CN(Cc1cc2ccccc2o1)S(=O)(=O)Cc1ccccc1. The fraction of sp³-hybridized carbons (Fsp3) is 0.176. The molecule has 0 atom stereocenters. The van der Waals surface area contributed by atoms with E-state index in [-0.39, 0.29) is 12.3 Å². The third kappa shape index (κ3) is 3.21. The highest BCUT2D eigenvalue weighted by Gasteiger charge is 2.20. The van der Waals surface area contributed by atoms with E-state index >= 15 is 0 Å². The maximum Gasteiger partial charge on any atom is 0.218 e. The highest BCUT2D eigenvalue weighted by Crippen LogP contribution is 2.21. The molecule has 0 aliphatic rings. The lowest BCUT2D eigenvalue weighted by Gasteiger charge is -2.15. The van der Waals surface area contributed by atoms with E-state index in [4.69, 9.17) is 4.42 Å². The summed E-state index contributed by atoms with van der Waals surface area (Å²) in [5.41, 5.74) is 1.55. The Hall–Kier alpha value is -2.11. The molecule has 22 heavy (non-hydrogen) atoms. The van der Waals surface area contributed by atoms with Crippen LogP contribution in [0.2, 0.25) is 0 Å². The zero-order valence-electron chi connectivity index (χ0n) is 12.3.